The van der Waals surface area contributed by atoms with Crippen LogP contribution in [-0.4, -0.2) is 27.3 Å². The summed E-state index contributed by atoms with van der Waals surface area (Å²) in [6, 6.07) is 4.87. The Bertz CT molecular complexity index is 714. The summed E-state index contributed by atoms with van der Waals surface area (Å²) >= 11 is 6.00. The van der Waals surface area contributed by atoms with Gasteiger partial charge in [0.2, 0.25) is 0 Å². The van der Waals surface area contributed by atoms with Crippen LogP contribution in [-0.2, 0) is 5.41 Å². The van der Waals surface area contributed by atoms with Gasteiger partial charge in [-0.25, -0.2) is 4.79 Å². The van der Waals surface area contributed by atoms with Crippen molar-refractivity contribution in [1.29, 1.82) is 0 Å². The molecule has 0 saturated heterocycles. The Morgan fingerprint density at radius 2 is 2.00 bits per heavy atom. The number of carbonyl (C=O) groups excluding carboxylic acids is 1. The van der Waals surface area contributed by atoms with Crippen molar-refractivity contribution in [2.24, 2.45) is 0 Å². The number of hydrogen-bond donors (Lipinski definition) is 1. The number of nitrogens with zero attached hydrogens (tertiary/aromatic N) is 2. The van der Waals surface area contributed by atoms with E-state index in [1.807, 2.05) is 20.8 Å². The highest BCUT2D eigenvalue weighted by Crippen LogP contribution is 2.34. The smallest absolute Gasteiger partial charge is 0.432 e. The van der Waals surface area contributed by atoms with E-state index in [4.69, 9.17) is 16.7 Å². The van der Waals surface area contributed by atoms with Crippen molar-refractivity contribution in [1.82, 2.24) is 9.78 Å². The van der Waals surface area contributed by atoms with Gasteiger partial charge in [0, 0.05) is 27.8 Å². The van der Waals surface area contributed by atoms with Gasteiger partial charge in [-0.2, -0.15) is 9.78 Å². The van der Waals surface area contributed by atoms with E-state index in [0.29, 0.717) is 27.4 Å². The molecular formula is C15H15ClN2O3. The zero-order valence-corrected chi connectivity index (χ0v) is 12.7. The lowest BCUT2D eigenvalue weighted by molar-refractivity contribution is 0.112. The van der Waals surface area contributed by atoms with E-state index in [0.717, 1.165) is 11.0 Å². The second-order valence-corrected chi connectivity index (χ2v) is 6.15. The molecule has 2 aromatic rings. The van der Waals surface area contributed by atoms with Crippen molar-refractivity contribution >= 4 is 24.0 Å². The summed E-state index contributed by atoms with van der Waals surface area (Å²) in [5.41, 5.74) is 1.83. The molecule has 0 atom stereocenters. The summed E-state index contributed by atoms with van der Waals surface area (Å²) in [6.45, 7) is 5.78. The molecule has 21 heavy (non-hydrogen) atoms. The molecule has 0 radical (unpaired) electrons. The van der Waals surface area contributed by atoms with Crippen LogP contribution in [0.3, 0.4) is 0 Å². The van der Waals surface area contributed by atoms with Crippen LogP contribution in [0.4, 0.5) is 4.79 Å². The van der Waals surface area contributed by atoms with E-state index >= 15 is 0 Å². The summed E-state index contributed by atoms with van der Waals surface area (Å²) in [7, 11) is 0. The quantitative estimate of drug-likeness (QED) is 0.856. The Kier molecular flexibility index (Phi) is 3.87. The Morgan fingerprint density at radius 1 is 1.33 bits per heavy atom. The monoisotopic (exact) mass is 306 g/mol. The highest BCUT2D eigenvalue weighted by Gasteiger charge is 2.25. The van der Waals surface area contributed by atoms with Gasteiger partial charge in [0.25, 0.3) is 0 Å². The van der Waals surface area contributed by atoms with Crippen LogP contribution >= 0.6 is 11.6 Å². The van der Waals surface area contributed by atoms with Crippen LogP contribution < -0.4 is 0 Å². The van der Waals surface area contributed by atoms with Crippen molar-refractivity contribution in [3.05, 3.63) is 40.7 Å². The molecule has 0 aliphatic rings. The Balaban J connectivity index is 2.76. The van der Waals surface area contributed by atoms with Gasteiger partial charge in [-0.05, 0) is 23.8 Å². The Labute approximate surface area is 127 Å². The molecule has 0 amide bonds. The molecule has 1 heterocycles. The van der Waals surface area contributed by atoms with Gasteiger partial charge in [-0.3, -0.25) is 4.79 Å². The highest BCUT2D eigenvalue weighted by atomic mass is 35.5. The first-order valence-electron chi connectivity index (χ1n) is 6.32. The van der Waals surface area contributed by atoms with Crippen LogP contribution in [0.2, 0.25) is 5.02 Å². The molecule has 0 spiro atoms. The lowest BCUT2D eigenvalue weighted by Gasteiger charge is -2.18. The second kappa shape index (κ2) is 5.33. The maximum Gasteiger partial charge on any atom is 0.432 e. The zero-order chi connectivity index (χ0) is 15.8. The van der Waals surface area contributed by atoms with Crippen LogP contribution in [0.1, 0.15) is 36.8 Å². The number of carbonyl (C=O) groups is 2. The van der Waals surface area contributed by atoms with Gasteiger partial charge in [0.05, 0.1) is 5.69 Å². The first kappa shape index (κ1) is 15.3. The third kappa shape index (κ3) is 2.97. The van der Waals surface area contributed by atoms with Crippen molar-refractivity contribution < 1.29 is 14.7 Å². The predicted octanol–water partition coefficient (Wildman–Crippen LogP) is 3.84. The second-order valence-electron chi connectivity index (χ2n) is 5.72. The number of carboxylic acid groups (broad SMARTS) is 1. The number of aldehydes is 1. The molecule has 110 valence electrons. The minimum absolute atomic E-state index is 0.376. The van der Waals surface area contributed by atoms with Gasteiger partial charge in [-0.1, -0.05) is 32.4 Å². The van der Waals surface area contributed by atoms with Crippen LogP contribution in [0.5, 0.6) is 0 Å². The number of halogens is 1. The van der Waals surface area contributed by atoms with Gasteiger partial charge < -0.3 is 5.11 Å². The third-order valence-electron chi connectivity index (χ3n) is 3.05. The molecule has 0 unspecified atom stereocenters. The number of benzene rings is 1. The van der Waals surface area contributed by atoms with Gasteiger partial charge >= 0.3 is 6.09 Å². The average molecular weight is 307 g/mol. The first-order chi connectivity index (χ1) is 9.74. The first-order valence-corrected chi connectivity index (χ1v) is 6.70. The number of rotatable bonds is 2. The maximum atomic E-state index is 11.2. The Morgan fingerprint density at radius 3 is 2.52 bits per heavy atom. The van der Waals surface area contributed by atoms with Crippen LogP contribution in [0.15, 0.2) is 24.4 Å². The lowest BCUT2D eigenvalue weighted by atomic mass is 9.86. The molecule has 0 aliphatic heterocycles. The highest BCUT2D eigenvalue weighted by molar-refractivity contribution is 6.31. The summed E-state index contributed by atoms with van der Waals surface area (Å²) in [5, 5.41) is 13.7. The maximum absolute atomic E-state index is 11.2. The van der Waals surface area contributed by atoms with E-state index in [9.17, 15) is 9.59 Å². The Hall–Kier alpha value is -2.14. The average Bonchev–Trinajstić information content (AvgIpc) is 2.83. The molecule has 5 nitrogen and oxygen atoms in total. The normalized spacial score (nSPS) is 11.4. The fourth-order valence-corrected chi connectivity index (χ4v) is 2.26. The number of aromatic nitrogens is 2. The van der Waals surface area contributed by atoms with Crippen LogP contribution in [0.25, 0.3) is 11.1 Å². The minimum atomic E-state index is -1.18. The molecule has 0 aliphatic carbocycles. The van der Waals surface area contributed by atoms with E-state index in [2.05, 4.69) is 5.10 Å². The molecule has 6 heteroatoms. The fraction of sp³-hybridized carbons (Fsp3) is 0.267. The molecule has 1 aromatic heterocycles. The minimum Gasteiger partial charge on any atom is -0.463 e. The molecule has 1 aromatic carbocycles. The molecule has 2 rings (SSSR count). The van der Waals surface area contributed by atoms with E-state index in [1.165, 1.54) is 6.20 Å². The fourth-order valence-electron chi connectivity index (χ4n) is 2.09. The van der Waals surface area contributed by atoms with E-state index in [-0.39, 0.29) is 5.41 Å². The predicted molar refractivity (Wildman–Crippen MR) is 80.2 cm³/mol. The zero-order valence-electron chi connectivity index (χ0n) is 11.9. The van der Waals surface area contributed by atoms with E-state index in [1.54, 1.807) is 18.2 Å². The molecule has 1 N–H and O–H groups in total. The lowest BCUT2D eigenvalue weighted by Crippen LogP contribution is -2.16. The van der Waals surface area contributed by atoms with Crippen molar-refractivity contribution in [2.75, 3.05) is 0 Å². The van der Waals surface area contributed by atoms with Crippen LogP contribution in [0, 0.1) is 0 Å². The van der Waals surface area contributed by atoms with Crippen molar-refractivity contribution in [2.45, 2.75) is 26.2 Å². The standard InChI is InChI=1S/C15H15ClN2O3/c1-15(2,3)13-12(7-18(17-13)14(20)21)11-6-10(16)5-4-9(11)8-19/h4-8H,1-3H3,(H,20,21). The molecule has 0 fully saturated rings. The van der Waals surface area contributed by atoms with Crippen molar-refractivity contribution in [3.63, 3.8) is 0 Å². The molecular weight excluding hydrogens is 292 g/mol. The van der Waals surface area contributed by atoms with Crippen molar-refractivity contribution in [3.8, 4) is 11.1 Å². The van der Waals surface area contributed by atoms with E-state index < -0.39 is 6.09 Å². The van der Waals surface area contributed by atoms with Gasteiger partial charge in [-0.15, -0.1) is 0 Å². The summed E-state index contributed by atoms with van der Waals surface area (Å²) in [6.07, 6.45) is 0.944. The van der Waals surface area contributed by atoms with Gasteiger partial charge in [0.15, 0.2) is 6.29 Å². The largest absolute Gasteiger partial charge is 0.463 e. The summed E-state index contributed by atoms with van der Waals surface area (Å²) < 4.78 is 0.853. The summed E-state index contributed by atoms with van der Waals surface area (Å²) in [5.74, 6) is 0. The SMILES string of the molecule is CC(C)(C)c1nn(C(=O)O)cc1-c1cc(Cl)ccc1C=O. The topological polar surface area (TPSA) is 72.2 Å². The number of hydrogen-bond acceptors (Lipinski definition) is 3. The molecule has 0 bridgehead atoms. The summed E-state index contributed by atoms with van der Waals surface area (Å²) in [4.78, 5) is 22.4. The third-order valence-corrected chi connectivity index (χ3v) is 3.29. The van der Waals surface area contributed by atoms with Gasteiger partial charge in [0.1, 0.15) is 0 Å². The molecule has 0 saturated carbocycles.